The van der Waals surface area contributed by atoms with E-state index in [1.165, 1.54) is 48.7 Å². The lowest BCUT2D eigenvalue weighted by Gasteiger charge is -2.11. The molecule has 0 spiro atoms. The van der Waals surface area contributed by atoms with Gasteiger partial charge in [-0.15, -0.1) is 0 Å². The normalized spacial score (nSPS) is 10.7. The van der Waals surface area contributed by atoms with E-state index in [4.69, 9.17) is 37.4 Å². The molecule has 0 aliphatic rings. The Kier molecular flexibility index (Phi) is 9.51. The van der Waals surface area contributed by atoms with E-state index >= 15 is 0 Å². The van der Waals surface area contributed by atoms with Gasteiger partial charge in [0.25, 0.3) is 5.91 Å². The maximum absolute atomic E-state index is 12.8. The second kappa shape index (κ2) is 13.4. The molecule has 0 unspecified atom stereocenters. The topological polar surface area (TPSA) is 103 Å². The molecule has 202 valence electrons. The number of nitrogens with one attached hydrogen (secondary N) is 1. The van der Waals surface area contributed by atoms with Crippen LogP contribution in [0, 0.1) is 6.92 Å². The highest BCUT2D eigenvalue weighted by molar-refractivity contribution is 6.31. The molecular formula is C30H22Cl2N2O6. The van der Waals surface area contributed by atoms with E-state index in [2.05, 4.69) is 10.5 Å². The summed E-state index contributed by atoms with van der Waals surface area (Å²) in [5.41, 5.74) is 4.12. The van der Waals surface area contributed by atoms with Crippen molar-refractivity contribution in [3.05, 3.63) is 123 Å². The largest absolute Gasteiger partial charge is 0.483 e. The van der Waals surface area contributed by atoms with Gasteiger partial charge in [0.05, 0.1) is 17.3 Å². The van der Waals surface area contributed by atoms with Crippen LogP contribution in [0.3, 0.4) is 0 Å². The van der Waals surface area contributed by atoms with Crippen LogP contribution in [0.2, 0.25) is 10.0 Å². The van der Waals surface area contributed by atoms with E-state index in [-0.39, 0.29) is 29.2 Å². The molecule has 8 nitrogen and oxygen atoms in total. The van der Waals surface area contributed by atoms with Gasteiger partial charge in [0.1, 0.15) is 17.2 Å². The molecule has 0 heterocycles. The number of hydrogen-bond donors (Lipinski definition) is 1. The molecule has 0 fully saturated rings. The van der Waals surface area contributed by atoms with Gasteiger partial charge in [0.15, 0.2) is 6.61 Å². The summed E-state index contributed by atoms with van der Waals surface area (Å²) in [7, 11) is 0. The Morgan fingerprint density at radius 3 is 2.00 bits per heavy atom. The summed E-state index contributed by atoms with van der Waals surface area (Å²) in [5.74, 6) is -1.06. The maximum atomic E-state index is 12.8. The van der Waals surface area contributed by atoms with E-state index in [9.17, 15) is 14.4 Å². The van der Waals surface area contributed by atoms with Crippen LogP contribution >= 0.6 is 23.2 Å². The smallest absolute Gasteiger partial charge is 0.343 e. The second-order valence-electron chi connectivity index (χ2n) is 8.34. The number of amides is 1. The van der Waals surface area contributed by atoms with Crippen molar-refractivity contribution in [2.45, 2.75) is 6.92 Å². The van der Waals surface area contributed by atoms with E-state index in [0.29, 0.717) is 21.4 Å². The number of aryl methyl sites for hydroxylation is 1. The lowest BCUT2D eigenvalue weighted by Crippen LogP contribution is -2.24. The number of para-hydroxylation sites is 1. The first-order valence-electron chi connectivity index (χ1n) is 11.9. The number of rotatable bonds is 9. The summed E-state index contributed by atoms with van der Waals surface area (Å²) in [4.78, 5) is 37.5. The number of nitrogens with zero attached hydrogens (tertiary/aromatic N) is 1. The first kappa shape index (κ1) is 28.4. The minimum atomic E-state index is -0.678. The molecule has 4 aromatic rings. The highest BCUT2D eigenvalue weighted by atomic mass is 35.5. The molecule has 1 N–H and O–H groups in total. The average Bonchev–Trinajstić information content (AvgIpc) is 2.94. The number of halogens is 2. The van der Waals surface area contributed by atoms with Crippen molar-refractivity contribution >= 4 is 47.3 Å². The fourth-order valence-electron chi connectivity index (χ4n) is 3.34. The average molecular weight is 577 g/mol. The fraction of sp³-hybridized carbons (Fsp3) is 0.0667. The van der Waals surface area contributed by atoms with Crippen molar-refractivity contribution in [1.29, 1.82) is 0 Å². The molecule has 0 aliphatic carbocycles. The number of hydrogen-bond acceptors (Lipinski definition) is 7. The standard InChI is InChI=1S/C30H22Cl2N2O6/c1-19-4-2-3-5-26(19)38-18-28(35)34-33-17-22-10-15-25(39-29(36)20-6-11-23(31)12-7-20)16-27(22)40-30(37)21-8-13-24(32)14-9-21/h2-17H,18H2,1H3,(H,34,35)/b33-17-. The maximum Gasteiger partial charge on any atom is 0.343 e. The van der Waals surface area contributed by atoms with Crippen molar-refractivity contribution < 1.29 is 28.6 Å². The van der Waals surface area contributed by atoms with E-state index < -0.39 is 17.8 Å². The molecule has 0 atom stereocenters. The molecule has 0 aliphatic heterocycles. The van der Waals surface area contributed by atoms with Crippen molar-refractivity contribution in [3.8, 4) is 17.2 Å². The Morgan fingerprint density at radius 1 is 0.775 bits per heavy atom. The molecule has 0 aromatic heterocycles. The summed E-state index contributed by atoms with van der Waals surface area (Å²) >= 11 is 11.8. The van der Waals surface area contributed by atoms with Crippen LogP contribution < -0.4 is 19.6 Å². The monoisotopic (exact) mass is 576 g/mol. The number of carbonyl (C=O) groups is 3. The molecule has 0 saturated carbocycles. The van der Waals surface area contributed by atoms with Gasteiger partial charge in [-0.05, 0) is 79.2 Å². The Hall–Kier alpha value is -4.66. The fourth-order valence-corrected chi connectivity index (χ4v) is 3.59. The number of benzene rings is 4. The number of esters is 2. The quantitative estimate of drug-likeness (QED) is 0.109. The van der Waals surface area contributed by atoms with Gasteiger partial charge in [-0.3, -0.25) is 4.79 Å². The third-order valence-corrected chi connectivity index (χ3v) is 5.91. The predicted octanol–water partition coefficient (Wildman–Crippen LogP) is 6.27. The molecule has 0 bridgehead atoms. The summed E-state index contributed by atoms with van der Waals surface area (Å²) in [5, 5.41) is 4.88. The minimum absolute atomic E-state index is 0.0375. The Balaban J connectivity index is 1.49. The van der Waals surface area contributed by atoms with Gasteiger partial charge in [-0.2, -0.15) is 5.10 Å². The van der Waals surface area contributed by atoms with Crippen LogP contribution in [0.4, 0.5) is 0 Å². The zero-order valence-corrected chi connectivity index (χ0v) is 22.6. The first-order valence-corrected chi connectivity index (χ1v) is 12.6. The molecule has 4 aromatic carbocycles. The highest BCUT2D eigenvalue weighted by Crippen LogP contribution is 2.26. The zero-order valence-electron chi connectivity index (χ0n) is 21.1. The van der Waals surface area contributed by atoms with E-state index in [1.807, 2.05) is 25.1 Å². The first-order chi connectivity index (χ1) is 19.3. The third kappa shape index (κ3) is 7.92. The molecular weight excluding hydrogens is 555 g/mol. The third-order valence-electron chi connectivity index (χ3n) is 5.40. The Labute approximate surface area is 240 Å². The number of hydrazone groups is 1. The lowest BCUT2D eigenvalue weighted by atomic mass is 10.2. The van der Waals surface area contributed by atoms with Crippen molar-refractivity contribution in [1.82, 2.24) is 5.43 Å². The van der Waals surface area contributed by atoms with Gasteiger partial charge >= 0.3 is 11.9 Å². The molecule has 1 amide bonds. The van der Waals surface area contributed by atoms with E-state index in [1.54, 1.807) is 30.3 Å². The van der Waals surface area contributed by atoms with Crippen molar-refractivity contribution in [3.63, 3.8) is 0 Å². The summed E-state index contributed by atoms with van der Waals surface area (Å²) in [6.07, 6.45) is 1.29. The Bertz CT molecular complexity index is 1550. The van der Waals surface area contributed by atoms with Crippen LogP contribution in [0.25, 0.3) is 0 Å². The minimum Gasteiger partial charge on any atom is -0.483 e. The second-order valence-corrected chi connectivity index (χ2v) is 9.21. The van der Waals surface area contributed by atoms with Crippen molar-refractivity contribution in [2.75, 3.05) is 6.61 Å². The van der Waals surface area contributed by atoms with Crippen LogP contribution in [0.1, 0.15) is 31.8 Å². The van der Waals surface area contributed by atoms with Gasteiger partial charge in [0, 0.05) is 21.7 Å². The molecule has 0 saturated heterocycles. The van der Waals surface area contributed by atoms with Gasteiger partial charge < -0.3 is 14.2 Å². The van der Waals surface area contributed by atoms with Crippen LogP contribution in [0.5, 0.6) is 17.2 Å². The molecule has 4 rings (SSSR count). The number of ether oxygens (including phenoxy) is 3. The highest BCUT2D eigenvalue weighted by Gasteiger charge is 2.15. The molecule has 0 radical (unpaired) electrons. The van der Waals surface area contributed by atoms with Gasteiger partial charge in [-0.1, -0.05) is 41.4 Å². The van der Waals surface area contributed by atoms with Gasteiger partial charge in [-0.25, -0.2) is 15.0 Å². The molecule has 40 heavy (non-hydrogen) atoms. The lowest BCUT2D eigenvalue weighted by molar-refractivity contribution is -0.123. The molecule has 10 heteroatoms. The van der Waals surface area contributed by atoms with E-state index in [0.717, 1.165) is 5.56 Å². The van der Waals surface area contributed by atoms with Gasteiger partial charge in [0.2, 0.25) is 0 Å². The summed E-state index contributed by atoms with van der Waals surface area (Å²) in [6, 6.07) is 24.0. The van der Waals surface area contributed by atoms with Crippen LogP contribution in [-0.4, -0.2) is 30.7 Å². The predicted molar refractivity (Wildman–Crippen MR) is 152 cm³/mol. The van der Waals surface area contributed by atoms with Crippen LogP contribution in [0.15, 0.2) is 96.1 Å². The summed E-state index contributed by atoms with van der Waals surface area (Å²) < 4.78 is 16.5. The summed E-state index contributed by atoms with van der Waals surface area (Å²) in [6.45, 7) is 1.62. The number of carbonyl (C=O) groups excluding carboxylic acids is 3. The van der Waals surface area contributed by atoms with Crippen LogP contribution in [-0.2, 0) is 4.79 Å². The van der Waals surface area contributed by atoms with Crippen molar-refractivity contribution in [2.24, 2.45) is 5.10 Å². The Morgan fingerprint density at radius 2 is 1.38 bits per heavy atom. The zero-order chi connectivity index (χ0) is 28.5. The SMILES string of the molecule is Cc1ccccc1OCC(=O)N/N=C\c1ccc(OC(=O)c2ccc(Cl)cc2)cc1OC(=O)c1ccc(Cl)cc1.